The van der Waals surface area contributed by atoms with Gasteiger partial charge in [0, 0.05) is 2.74 Å². The third-order valence-electron chi connectivity index (χ3n) is 3.96. The van der Waals surface area contributed by atoms with Crippen LogP contribution in [0.25, 0.3) is 0 Å². The quantitative estimate of drug-likeness (QED) is 0.375. The average molecular weight is 306 g/mol. The fourth-order valence-electron chi connectivity index (χ4n) is 2.41. The number of aliphatic hydroxyl groups is 2. The predicted molar refractivity (Wildman–Crippen MR) is 91.4 cm³/mol. The summed E-state index contributed by atoms with van der Waals surface area (Å²) in [5.74, 6) is 0. The minimum atomic E-state index is -1.12. The lowest BCUT2D eigenvalue weighted by molar-refractivity contribution is 0.0990. The Kier molecular flexibility index (Phi) is 13.3. The molecule has 0 bridgehead atoms. The molecule has 0 fully saturated rings. The van der Waals surface area contributed by atoms with Crippen LogP contribution in [0.15, 0.2) is 0 Å². The highest BCUT2D eigenvalue weighted by molar-refractivity contribution is 4.70. The normalized spacial score (nSPS) is 18.7. The first kappa shape index (κ1) is 17.2. The Labute approximate surface area is 135 Å². The maximum Gasteiger partial charge on any atom is 0.0713 e. The lowest BCUT2D eigenvalue weighted by atomic mass is 10.0. The van der Waals surface area contributed by atoms with E-state index in [0.29, 0.717) is 6.42 Å². The Balaban J connectivity index is 3.46. The van der Waals surface area contributed by atoms with Gasteiger partial charge in [0.25, 0.3) is 0 Å². The van der Waals surface area contributed by atoms with Crippen molar-refractivity contribution in [3.8, 4) is 0 Å². The van der Waals surface area contributed by atoms with Crippen LogP contribution < -0.4 is 5.73 Å². The molecule has 0 rings (SSSR count). The third-order valence-corrected chi connectivity index (χ3v) is 3.96. The first-order valence-electron chi connectivity index (χ1n) is 10.1. The summed E-state index contributed by atoms with van der Waals surface area (Å²) in [6.07, 6.45) is 11.9. The molecule has 0 aromatic heterocycles. The fourth-order valence-corrected chi connectivity index (χ4v) is 2.41. The molecule has 3 heteroatoms. The smallest absolute Gasteiger partial charge is 0.0713 e. The number of unbranched alkanes of at least 4 members (excludes halogenated alkanes) is 10. The standard InChI is InChI=1S/C18H39NO2/c1-2-3-4-5-6-7-8-9-10-11-12-13-14-15-18(21)17(19)16-20/h17-18,20-21H,2-16,19H2,1H3/t17-,18+/m0/s1/i14T,15T/t14?,15?,17-,18+. The SMILES string of the molecule is [3H]C(CCCCCCCCCCCCC)C([3H])[C@@H](O)[C@@H](N)CO. The van der Waals surface area contributed by atoms with E-state index in [-0.39, 0.29) is 6.61 Å². The summed E-state index contributed by atoms with van der Waals surface area (Å²) >= 11 is 0. The molecule has 21 heavy (non-hydrogen) atoms. The van der Waals surface area contributed by atoms with Gasteiger partial charge in [0.15, 0.2) is 0 Å². The Morgan fingerprint density at radius 3 is 1.71 bits per heavy atom. The predicted octanol–water partition coefficient (Wildman–Crippen LogP) is 4.15. The van der Waals surface area contributed by atoms with Gasteiger partial charge in [-0.1, -0.05) is 90.4 Å². The van der Waals surface area contributed by atoms with Gasteiger partial charge in [0.05, 0.1) is 18.8 Å². The van der Waals surface area contributed by atoms with Crippen molar-refractivity contribution in [3.05, 3.63) is 0 Å². The fraction of sp³-hybridized carbons (Fsp3) is 1.00. The van der Waals surface area contributed by atoms with E-state index in [4.69, 9.17) is 13.6 Å². The van der Waals surface area contributed by atoms with Crippen LogP contribution in [0.1, 0.15) is 99.5 Å². The minimum absolute atomic E-state index is 0.346. The van der Waals surface area contributed by atoms with Crippen molar-refractivity contribution in [1.29, 1.82) is 0 Å². The molecule has 0 heterocycles. The first-order valence-corrected chi connectivity index (χ1v) is 8.93. The van der Waals surface area contributed by atoms with E-state index >= 15 is 0 Å². The molecular formula is C18H39NO2. The van der Waals surface area contributed by atoms with E-state index in [2.05, 4.69) is 6.92 Å². The van der Waals surface area contributed by atoms with Gasteiger partial charge in [-0.25, -0.2) is 0 Å². The number of aliphatic hydroxyl groups excluding tert-OH is 2. The number of hydrogen-bond acceptors (Lipinski definition) is 3. The van der Waals surface area contributed by atoms with Crippen LogP contribution in [0.3, 0.4) is 0 Å². The third kappa shape index (κ3) is 14.6. The second-order valence-electron chi connectivity index (χ2n) is 6.09. The summed E-state index contributed by atoms with van der Waals surface area (Å²) in [7, 11) is 0. The molecule has 0 aliphatic carbocycles. The Morgan fingerprint density at radius 1 is 0.857 bits per heavy atom. The lowest BCUT2D eigenvalue weighted by Gasteiger charge is -2.15. The van der Waals surface area contributed by atoms with Crippen molar-refractivity contribution in [3.63, 3.8) is 0 Å². The first-order chi connectivity index (χ1) is 11.0. The Morgan fingerprint density at radius 2 is 1.29 bits per heavy atom. The Hall–Kier alpha value is -0.120. The zero-order valence-corrected chi connectivity index (χ0v) is 14.0. The van der Waals surface area contributed by atoms with Crippen molar-refractivity contribution in [1.82, 2.24) is 0 Å². The van der Waals surface area contributed by atoms with Gasteiger partial charge >= 0.3 is 0 Å². The molecule has 0 spiro atoms. The molecule has 0 aromatic carbocycles. The van der Waals surface area contributed by atoms with Crippen molar-refractivity contribution in [2.75, 3.05) is 6.61 Å². The molecule has 0 amide bonds. The summed E-state index contributed by atoms with van der Waals surface area (Å²) in [5.41, 5.74) is 5.51. The zero-order valence-electron chi connectivity index (χ0n) is 16.0. The average Bonchev–Trinajstić information content (AvgIpc) is 2.57. The summed E-state index contributed by atoms with van der Waals surface area (Å²) in [5, 5.41) is 18.6. The van der Waals surface area contributed by atoms with Crippen molar-refractivity contribution >= 4 is 0 Å². The maximum absolute atomic E-state index is 9.74. The van der Waals surface area contributed by atoms with Crippen LogP contribution in [-0.4, -0.2) is 29.0 Å². The maximum atomic E-state index is 9.74. The summed E-state index contributed by atoms with van der Waals surface area (Å²) < 4.78 is 15.7. The highest BCUT2D eigenvalue weighted by atomic mass is 16.3. The molecule has 128 valence electrons. The van der Waals surface area contributed by atoms with E-state index in [1.807, 2.05) is 0 Å². The molecule has 0 radical (unpaired) electrons. The monoisotopic (exact) mass is 305 g/mol. The van der Waals surface area contributed by atoms with Gasteiger partial charge in [-0.05, 0) is 6.40 Å². The summed E-state index contributed by atoms with van der Waals surface area (Å²) in [6, 6.07) is -0.817. The highest BCUT2D eigenvalue weighted by Crippen LogP contribution is 2.13. The second kappa shape index (κ2) is 16.3. The highest BCUT2D eigenvalue weighted by Gasteiger charge is 2.12. The topological polar surface area (TPSA) is 66.5 Å². The minimum Gasteiger partial charge on any atom is -0.395 e. The van der Waals surface area contributed by atoms with Crippen molar-refractivity contribution in [2.45, 2.75) is 109 Å². The molecule has 0 aliphatic rings. The van der Waals surface area contributed by atoms with Gasteiger partial charge in [-0.2, -0.15) is 0 Å². The van der Waals surface area contributed by atoms with Gasteiger partial charge < -0.3 is 15.9 Å². The molecule has 4 N–H and O–H groups in total. The van der Waals surface area contributed by atoms with E-state index in [1.54, 1.807) is 0 Å². The van der Waals surface area contributed by atoms with E-state index in [9.17, 15) is 5.11 Å². The van der Waals surface area contributed by atoms with Gasteiger partial charge in [0.2, 0.25) is 0 Å². The van der Waals surface area contributed by atoms with Gasteiger partial charge in [0.1, 0.15) is 0 Å². The lowest BCUT2D eigenvalue weighted by Crippen LogP contribution is -2.37. The molecule has 3 nitrogen and oxygen atoms in total. The number of hydrogen-bond donors (Lipinski definition) is 3. The molecule has 0 saturated carbocycles. The number of nitrogens with two attached hydrogens (primary N) is 1. The van der Waals surface area contributed by atoms with E-state index < -0.39 is 24.9 Å². The molecule has 0 aromatic rings. The second-order valence-corrected chi connectivity index (χ2v) is 6.09. The van der Waals surface area contributed by atoms with Crippen molar-refractivity contribution in [2.24, 2.45) is 5.73 Å². The molecule has 0 aliphatic heterocycles. The van der Waals surface area contributed by atoms with Crippen LogP contribution in [0.4, 0.5) is 0 Å². The van der Waals surface area contributed by atoms with Gasteiger partial charge in [-0.15, -0.1) is 0 Å². The molecular weight excluding hydrogens is 262 g/mol. The van der Waals surface area contributed by atoms with Crippen LogP contribution in [0, 0.1) is 0 Å². The van der Waals surface area contributed by atoms with Crippen LogP contribution in [-0.2, 0) is 0 Å². The van der Waals surface area contributed by atoms with Crippen molar-refractivity contribution < 1.29 is 13.0 Å². The van der Waals surface area contributed by atoms with Gasteiger partial charge in [-0.3, -0.25) is 0 Å². The van der Waals surface area contributed by atoms with E-state index in [1.165, 1.54) is 57.8 Å². The summed E-state index contributed by atoms with van der Waals surface area (Å²) in [4.78, 5) is 0. The molecule has 2 unspecified atom stereocenters. The Bertz CT molecular complexity index is 257. The van der Waals surface area contributed by atoms with Crippen LogP contribution in [0.5, 0.6) is 0 Å². The van der Waals surface area contributed by atoms with Crippen LogP contribution in [0.2, 0.25) is 0 Å². The number of rotatable bonds is 16. The molecule has 0 saturated heterocycles. The van der Waals surface area contributed by atoms with Crippen LogP contribution >= 0.6 is 0 Å². The zero-order chi connectivity index (χ0) is 17.5. The largest absolute Gasteiger partial charge is 0.395 e. The summed E-state index contributed by atoms with van der Waals surface area (Å²) in [6.45, 7) is 1.90. The molecule has 4 atom stereocenters. The van der Waals surface area contributed by atoms with E-state index in [0.717, 1.165) is 12.8 Å².